The Morgan fingerprint density at radius 2 is 1.80 bits per heavy atom. The summed E-state index contributed by atoms with van der Waals surface area (Å²) in [6, 6.07) is 8.55. The number of carbonyl (C=O) groups excluding carboxylic acids is 3. The van der Waals surface area contributed by atoms with Crippen LogP contribution in [0.15, 0.2) is 30.3 Å². The highest BCUT2D eigenvalue weighted by molar-refractivity contribution is 5.85. The van der Waals surface area contributed by atoms with Crippen LogP contribution in [-0.2, 0) is 25.7 Å². The van der Waals surface area contributed by atoms with Gasteiger partial charge in [0.2, 0.25) is 0 Å². The van der Waals surface area contributed by atoms with Crippen LogP contribution >= 0.6 is 0 Å². The SMILES string of the molecule is CC(C)[C@@H](NC(=O)OCc1ccccc1)C(=O)OCC(=O)NC1CC1. The maximum absolute atomic E-state index is 12.1. The Hall–Kier alpha value is -2.57. The fraction of sp³-hybridized carbons (Fsp3) is 0.500. The quantitative estimate of drug-likeness (QED) is 0.698. The molecule has 0 spiro atoms. The predicted molar refractivity (Wildman–Crippen MR) is 90.5 cm³/mol. The van der Waals surface area contributed by atoms with Crippen molar-refractivity contribution in [2.75, 3.05) is 6.61 Å². The van der Waals surface area contributed by atoms with Crippen molar-refractivity contribution in [3.05, 3.63) is 35.9 Å². The highest BCUT2D eigenvalue weighted by Gasteiger charge is 2.28. The van der Waals surface area contributed by atoms with E-state index in [1.165, 1.54) is 0 Å². The lowest BCUT2D eigenvalue weighted by Crippen LogP contribution is -2.46. The third-order valence-corrected chi connectivity index (χ3v) is 3.69. The largest absolute Gasteiger partial charge is 0.454 e. The average molecular weight is 348 g/mol. The first-order valence-corrected chi connectivity index (χ1v) is 8.39. The van der Waals surface area contributed by atoms with Crippen molar-refractivity contribution in [2.24, 2.45) is 5.92 Å². The molecule has 0 radical (unpaired) electrons. The molecule has 136 valence electrons. The molecule has 2 rings (SSSR count). The van der Waals surface area contributed by atoms with Crippen molar-refractivity contribution >= 4 is 18.0 Å². The summed E-state index contributed by atoms with van der Waals surface area (Å²) in [5.74, 6) is -1.19. The van der Waals surface area contributed by atoms with Gasteiger partial charge in [-0.05, 0) is 24.3 Å². The van der Waals surface area contributed by atoms with E-state index >= 15 is 0 Å². The number of alkyl carbamates (subject to hydrolysis) is 1. The zero-order chi connectivity index (χ0) is 18.2. The molecule has 2 N–H and O–H groups in total. The highest BCUT2D eigenvalue weighted by atomic mass is 16.6. The lowest BCUT2D eigenvalue weighted by Gasteiger charge is -2.20. The number of carbonyl (C=O) groups is 3. The molecule has 1 aliphatic rings. The molecule has 1 saturated carbocycles. The number of benzene rings is 1. The lowest BCUT2D eigenvalue weighted by atomic mass is 10.1. The Labute approximate surface area is 147 Å². The number of nitrogens with one attached hydrogen (secondary N) is 2. The van der Waals surface area contributed by atoms with Crippen molar-refractivity contribution < 1.29 is 23.9 Å². The first-order valence-electron chi connectivity index (χ1n) is 8.39. The van der Waals surface area contributed by atoms with E-state index in [0.29, 0.717) is 0 Å². The van der Waals surface area contributed by atoms with Crippen LogP contribution in [0.5, 0.6) is 0 Å². The Kier molecular flexibility index (Phi) is 6.80. The Bertz CT molecular complexity index is 599. The summed E-state index contributed by atoms with van der Waals surface area (Å²) in [7, 11) is 0. The van der Waals surface area contributed by atoms with Crippen LogP contribution in [0.3, 0.4) is 0 Å². The van der Waals surface area contributed by atoms with Crippen molar-refractivity contribution in [3.8, 4) is 0 Å². The summed E-state index contributed by atoms with van der Waals surface area (Å²) in [5.41, 5.74) is 0.845. The summed E-state index contributed by atoms with van der Waals surface area (Å²) < 4.78 is 10.1. The van der Waals surface area contributed by atoms with E-state index in [0.717, 1.165) is 18.4 Å². The molecule has 1 aliphatic carbocycles. The van der Waals surface area contributed by atoms with Crippen molar-refractivity contribution in [2.45, 2.75) is 45.4 Å². The molecule has 0 heterocycles. The van der Waals surface area contributed by atoms with Crippen LogP contribution in [0.4, 0.5) is 4.79 Å². The standard InChI is InChI=1S/C18H24N2O5/c1-12(2)16(17(22)24-11-15(21)19-14-8-9-14)20-18(23)25-10-13-6-4-3-5-7-13/h3-7,12,14,16H,8-11H2,1-2H3,(H,19,21)(H,20,23)/t16-/m1/s1. The predicted octanol–water partition coefficient (Wildman–Crippen LogP) is 1.76. The van der Waals surface area contributed by atoms with Gasteiger partial charge in [-0.2, -0.15) is 0 Å². The summed E-state index contributed by atoms with van der Waals surface area (Å²) in [4.78, 5) is 35.6. The van der Waals surface area contributed by atoms with E-state index in [1.54, 1.807) is 13.8 Å². The molecule has 0 unspecified atom stereocenters. The van der Waals surface area contributed by atoms with Gasteiger partial charge in [-0.25, -0.2) is 9.59 Å². The fourth-order valence-electron chi connectivity index (χ4n) is 2.11. The van der Waals surface area contributed by atoms with E-state index in [-0.39, 0.29) is 31.1 Å². The van der Waals surface area contributed by atoms with Gasteiger partial charge in [0.1, 0.15) is 12.6 Å². The molecule has 0 aliphatic heterocycles. The number of hydrogen-bond donors (Lipinski definition) is 2. The van der Waals surface area contributed by atoms with Gasteiger partial charge in [0.25, 0.3) is 5.91 Å². The third-order valence-electron chi connectivity index (χ3n) is 3.69. The van der Waals surface area contributed by atoms with Crippen molar-refractivity contribution in [3.63, 3.8) is 0 Å². The van der Waals surface area contributed by atoms with E-state index in [9.17, 15) is 14.4 Å². The van der Waals surface area contributed by atoms with Crippen molar-refractivity contribution in [1.82, 2.24) is 10.6 Å². The van der Waals surface area contributed by atoms with Crippen LogP contribution in [0.25, 0.3) is 0 Å². The third kappa shape index (κ3) is 6.82. The zero-order valence-electron chi connectivity index (χ0n) is 14.5. The monoisotopic (exact) mass is 348 g/mol. The molecule has 1 aromatic carbocycles. The Morgan fingerprint density at radius 3 is 2.40 bits per heavy atom. The number of rotatable bonds is 8. The van der Waals surface area contributed by atoms with Crippen LogP contribution in [0.1, 0.15) is 32.3 Å². The first-order chi connectivity index (χ1) is 12.0. The highest BCUT2D eigenvalue weighted by Crippen LogP contribution is 2.18. The summed E-state index contributed by atoms with van der Waals surface area (Å²) in [6.07, 6.45) is 1.22. The van der Waals surface area contributed by atoms with Gasteiger partial charge in [-0.3, -0.25) is 4.79 Å². The Morgan fingerprint density at radius 1 is 1.12 bits per heavy atom. The molecule has 2 amide bonds. The molecule has 0 bridgehead atoms. The minimum Gasteiger partial charge on any atom is -0.454 e. The van der Waals surface area contributed by atoms with E-state index in [4.69, 9.17) is 9.47 Å². The normalized spacial score (nSPS) is 14.5. The average Bonchev–Trinajstić information content (AvgIpc) is 3.40. The maximum atomic E-state index is 12.1. The first kappa shape index (κ1) is 18.8. The number of ether oxygens (including phenoxy) is 2. The maximum Gasteiger partial charge on any atom is 0.408 e. The number of esters is 1. The Balaban J connectivity index is 1.76. The van der Waals surface area contributed by atoms with Gasteiger partial charge in [0.15, 0.2) is 6.61 Å². The molecule has 7 nitrogen and oxygen atoms in total. The van der Waals surface area contributed by atoms with E-state index in [2.05, 4.69) is 10.6 Å². The molecule has 1 aromatic rings. The summed E-state index contributed by atoms with van der Waals surface area (Å²) in [5, 5.41) is 5.22. The smallest absolute Gasteiger partial charge is 0.408 e. The van der Waals surface area contributed by atoms with Crippen molar-refractivity contribution in [1.29, 1.82) is 0 Å². The molecule has 7 heteroatoms. The second-order valence-corrected chi connectivity index (χ2v) is 6.38. The zero-order valence-corrected chi connectivity index (χ0v) is 14.5. The molecule has 0 saturated heterocycles. The second-order valence-electron chi connectivity index (χ2n) is 6.38. The van der Waals surface area contributed by atoms with Crippen LogP contribution < -0.4 is 10.6 Å². The van der Waals surface area contributed by atoms with Gasteiger partial charge in [0.05, 0.1) is 0 Å². The molecular formula is C18H24N2O5. The second kappa shape index (κ2) is 9.05. The molecule has 1 fully saturated rings. The molecule has 1 atom stereocenters. The summed E-state index contributed by atoms with van der Waals surface area (Å²) in [6.45, 7) is 3.30. The minimum atomic E-state index is -0.878. The fourth-order valence-corrected chi connectivity index (χ4v) is 2.11. The van der Waals surface area contributed by atoms with E-state index in [1.807, 2.05) is 30.3 Å². The van der Waals surface area contributed by atoms with E-state index < -0.39 is 18.1 Å². The minimum absolute atomic E-state index is 0.107. The molecular weight excluding hydrogens is 324 g/mol. The van der Waals surface area contributed by atoms with Crippen LogP contribution in [0.2, 0.25) is 0 Å². The van der Waals surface area contributed by atoms with Gasteiger partial charge < -0.3 is 20.1 Å². The number of hydrogen-bond acceptors (Lipinski definition) is 5. The number of amides is 2. The van der Waals surface area contributed by atoms with Crippen LogP contribution in [0, 0.1) is 5.92 Å². The topological polar surface area (TPSA) is 93.7 Å². The van der Waals surface area contributed by atoms with Crippen LogP contribution in [-0.4, -0.2) is 36.7 Å². The van der Waals surface area contributed by atoms with Gasteiger partial charge >= 0.3 is 12.1 Å². The lowest BCUT2D eigenvalue weighted by molar-refractivity contribution is -0.151. The molecule has 25 heavy (non-hydrogen) atoms. The molecule has 0 aromatic heterocycles. The van der Waals surface area contributed by atoms with Gasteiger partial charge in [-0.1, -0.05) is 44.2 Å². The summed E-state index contributed by atoms with van der Waals surface area (Å²) >= 11 is 0. The van der Waals surface area contributed by atoms with Gasteiger partial charge in [-0.15, -0.1) is 0 Å². The van der Waals surface area contributed by atoms with Gasteiger partial charge in [0, 0.05) is 6.04 Å².